The number of carbonyl (C=O) groups excluding carboxylic acids is 1. The van der Waals surface area contributed by atoms with Gasteiger partial charge < -0.3 is 4.74 Å². The Hall–Kier alpha value is -1.40. The average molecular weight is 312 g/mol. The SMILES string of the molecule is CS(=O)(=O)O[C@@H]1CCC[C@H](C(=O)OCc2ccccc2)C1. The van der Waals surface area contributed by atoms with Crippen LogP contribution in [0.3, 0.4) is 0 Å². The molecule has 0 aliphatic heterocycles. The summed E-state index contributed by atoms with van der Waals surface area (Å²) in [5.74, 6) is -0.560. The zero-order valence-electron chi connectivity index (χ0n) is 12.0. The highest BCUT2D eigenvalue weighted by Crippen LogP contribution is 2.28. The molecule has 0 bridgehead atoms. The van der Waals surface area contributed by atoms with E-state index in [2.05, 4.69) is 0 Å². The first-order chi connectivity index (χ1) is 9.94. The highest BCUT2D eigenvalue weighted by Gasteiger charge is 2.30. The number of carbonyl (C=O) groups is 1. The van der Waals surface area contributed by atoms with Crippen LogP contribution in [0.15, 0.2) is 30.3 Å². The smallest absolute Gasteiger partial charge is 0.309 e. The topological polar surface area (TPSA) is 69.7 Å². The minimum atomic E-state index is -3.48. The van der Waals surface area contributed by atoms with E-state index in [4.69, 9.17) is 8.92 Å². The number of ether oxygens (including phenoxy) is 1. The predicted octanol–water partition coefficient (Wildman–Crippen LogP) is 2.26. The molecular formula is C15H20O5S. The summed E-state index contributed by atoms with van der Waals surface area (Å²) in [5.41, 5.74) is 0.936. The quantitative estimate of drug-likeness (QED) is 0.616. The Bertz CT molecular complexity index is 567. The second-order valence-corrected chi connectivity index (χ2v) is 6.98. The van der Waals surface area contributed by atoms with E-state index in [0.29, 0.717) is 12.8 Å². The van der Waals surface area contributed by atoms with Crippen LogP contribution in [-0.4, -0.2) is 26.7 Å². The maximum Gasteiger partial charge on any atom is 0.309 e. The van der Waals surface area contributed by atoms with Gasteiger partial charge in [0.2, 0.25) is 0 Å². The van der Waals surface area contributed by atoms with Crippen molar-refractivity contribution in [3.05, 3.63) is 35.9 Å². The fraction of sp³-hybridized carbons (Fsp3) is 0.533. The fourth-order valence-corrected chi connectivity index (χ4v) is 3.21. The van der Waals surface area contributed by atoms with E-state index in [1.165, 1.54) is 0 Å². The Labute approximate surface area is 125 Å². The zero-order valence-corrected chi connectivity index (χ0v) is 12.8. The summed E-state index contributed by atoms with van der Waals surface area (Å²) >= 11 is 0. The van der Waals surface area contributed by atoms with Crippen molar-refractivity contribution >= 4 is 16.1 Å². The molecule has 5 nitrogen and oxygen atoms in total. The monoisotopic (exact) mass is 312 g/mol. The predicted molar refractivity (Wildman–Crippen MR) is 77.9 cm³/mol. The number of hydrogen-bond donors (Lipinski definition) is 0. The highest BCUT2D eigenvalue weighted by atomic mass is 32.2. The second-order valence-electron chi connectivity index (χ2n) is 5.38. The molecule has 1 aliphatic carbocycles. The van der Waals surface area contributed by atoms with Gasteiger partial charge in [0.05, 0.1) is 18.3 Å². The van der Waals surface area contributed by atoms with Crippen molar-refractivity contribution in [1.82, 2.24) is 0 Å². The van der Waals surface area contributed by atoms with E-state index in [1.54, 1.807) is 0 Å². The van der Waals surface area contributed by atoms with Crippen LogP contribution in [-0.2, 0) is 30.4 Å². The van der Waals surface area contributed by atoms with Crippen LogP contribution in [0.1, 0.15) is 31.2 Å². The van der Waals surface area contributed by atoms with Crippen LogP contribution in [0.5, 0.6) is 0 Å². The van der Waals surface area contributed by atoms with Gasteiger partial charge in [-0.05, 0) is 31.2 Å². The molecule has 0 aromatic heterocycles. The van der Waals surface area contributed by atoms with E-state index in [1.807, 2.05) is 30.3 Å². The lowest BCUT2D eigenvalue weighted by Gasteiger charge is -2.26. The van der Waals surface area contributed by atoms with Crippen molar-refractivity contribution in [1.29, 1.82) is 0 Å². The molecule has 1 aromatic rings. The lowest BCUT2D eigenvalue weighted by Crippen LogP contribution is -2.30. The van der Waals surface area contributed by atoms with Crippen molar-refractivity contribution in [3.63, 3.8) is 0 Å². The molecule has 0 N–H and O–H groups in total. The van der Waals surface area contributed by atoms with Crippen LogP contribution in [0, 0.1) is 5.92 Å². The van der Waals surface area contributed by atoms with Crippen LogP contribution in [0.25, 0.3) is 0 Å². The molecule has 1 aromatic carbocycles. The molecule has 1 aliphatic rings. The number of rotatable bonds is 5. The van der Waals surface area contributed by atoms with E-state index in [0.717, 1.165) is 24.7 Å². The molecule has 2 rings (SSSR count). The number of esters is 1. The zero-order chi connectivity index (χ0) is 15.3. The first-order valence-corrected chi connectivity index (χ1v) is 8.84. The van der Waals surface area contributed by atoms with Gasteiger partial charge in [-0.2, -0.15) is 8.42 Å². The maximum atomic E-state index is 12.1. The number of hydrogen-bond acceptors (Lipinski definition) is 5. The highest BCUT2D eigenvalue weighted by molar-refractivity contribution is 7.86. The molecule has 0 spiro atoms. The molecule has 116 valence electrons. The second kappa shape index (κ2) is 7.04. The average Bonchev–Trinajstić information content (AvgIpc) is 2.44. The first kappa shape index (κ1) is 16.0. The molecule has 0 amide bonds. The lowest BCUT2D eigenvalue weighted by molar-refractivity contribution is -0.152. The Morgan fingerprint density at radius 3 is 2.62 bits per heavy atom. The van der Waals surface area contributed by atoms with E-state index >= 15 is 0 Å². The molecule has 21 heavy (non-hydrogen) atoms. The Balaban J connectivity index is 1.84. The molecule has 0 unspecified atom stereocenters. The summed E-state index contributed by atoms with van der Waals surface area (Å²) < 4.78 is 32.6. The molecule has 0 heterocycles. The van der Waals surface area contributed by atoms with Gasteiger partial charge in [0, 0.05) is 0 Å². The summed E-state index contributed by atoms with van der Waals surface area (Å²) in [7, 11) is -3.48. The maximum absolute atomic E-state index is 12.1. The van der Waals surface area contributed by atoms with Crippen molar-refractivity contribution in [2.45, 2.75) is 38.4 Å². The third-order valence-electron chi connectivity index (χ3n) is 3.49. The van der Waals surface area contributed by atoms with E-state index in [-0.39, 0.29) is 18.5 Å². The van der Waals surface area contributed by atoms with Crippen LogP contribution in [0.4, 0.5) is 0 Å². The minimum absolute atomic E-state index is 0.244. The van der Waals surface area contributed by atoms with Gasteiger partial charge in [-0.25, -0.2) is 0 Å². The van der Waals surface area contributed by atoms with Gasteiger partial charge in [-0.3, -0.25) is 8.98 Å². The third-order valence-corrected chi connectivity index (χ3v) is 4.12. The molecule has 1 fully saturated rings. The summed E-state index contributed by atoms with van der Waals surface area (Å²) in [4.78, 5) is 12.1. The van der Waals surface area contributed by atoms with Crippen LogP contribution < -0.4 is 0 Å². The van der Waals surface area contributed by atoms with E-state index in [9.17, 15) is 13.2 Å². The van der Waals surface area contributed by atoms with Crippen molar-refractivity contribution in [2.24, 2.45) is 5.92 Å². The van der Waals surface area contributed by atoms with Gasteiger partial charge in [0.15, 0.2) is 0 Å². The van der Waals surface area contributed by atoms with Gasteiger partial charge >= 0.3 is 5.97 Å². The summed E-state index contributed by atoms with van der Waals surface area (Å²) in [6.07, 6.45) is 3.17. The standard InChI is InChI=1S/C15H20O5S/c1-21(17,18)20-14-9-5-8-13(10-14)15(16)19-11-12-6-3-2-4-7-12/h2-4,6-7,13-14H,5,8-11H2,1H3/t13-,14+/m0/s1. The van der Waals surface area contributed by atoms with Gasteiger partial charge in [0.1, 0.15) is 6.61 Å². The van der Waals surface area contributed by atoms with Crippen molar-refractivity contribution in [2.75, 3.05) is 6.26 Å². The minimum Gasteiger partial charge on any atom is -0.461 e. The van der Waals surface area contributed by atoms with Crippen molar-refractivity contribution in [3.8, 4) is 0 Å². The van der Waals surface area contributed by atoms with Crippen LogP contribution in [0.2, 0.25) is 0 Å². The van der Waals surface area contributed by atoms with Gasteiger partial charge in [0.25, 0.3) is 10.1 Å². The summed E-state index contributed by atoms with van der Waals surface area (Å²) in [5, 5.41) is 0. The fourth-order valence-electron chi connectivity index (χ4n) is 2.54. The molecular weight excluding hydrogens is 292 g/mol. The lowest BCUT2D eigenvalue weighted by atomic mass is 9.87. The van der Waals surface area contributed by atoms with Gasteiger partial charge in [-0.15, -0.1) is 0 Å². The largest absolute Gasteiger partial charge is 0.461 e. The first-order valence-electron chi connectivity index (χ1n) is 7.03. The molecule has 0 saturated heterocycles. The normalized spacial score (nSPS) is 22.7. The summed E-state index contributed by atoms with van der Waals surface area (Å²) in [6.45, 7) is 0.244. The molecule has 6 heteroatoms. The Morgan fingerprint density at radius 2 is 1.95 bits per heavy atom. The van der Waals surface area contributed by atoms with Crippen LogP contribution >= 0.6 is 0 Å². The molecule has 1 saturated carbocycles. The van der Waals surface area contributed by atoms with Crippen molar-refractivity contribution < 1.29 is 22.1 Å². The molecule has 0 radical (unpaired) electrons. The van der Waals surface area contributed by atoms with E-state index < -0.39 is 16.2 Å². The Morgan fingerprint density at radius 1 is 1.24 bits per heavy atom. The molecule has 2 atom stereocenters. The number of benzene rings is 1. The summed E-state index contributed by atoms with van der Waals surface area (Å²) in [6, 6.07) is 9.46. The van der Waals surface area contributed by atoms with Gasteiger partial charge in [-0.1, -0.05) is 30.3 Å². The Kier molecular flexibility index (Phi) is 5.36. The third kappa shape index (κ3) is 5.47.